The predicted molar refractivity (Wildman–Crippen MR) is 73.6 cm³/mol. The molecule has 2 rings (SSSR count). The van der Waals surface area contributed by atoms with Gasteiger partial charge in [-0.05, 0) is 11.5 Å². The predicted octanol–water partition coefficient (Wildman–Crippen LogP) is 1.95. The Bertz CT molecular complexity index is 391. The van der Waals surface area contributed by atoms with Crippen LogP contribution < -0.4 is 0 Å². The molecular weight excluding hydrogens is 224 g/mol. The summed E-state index contributed by atoms with van der Waals surface area (Å²) >= 11 is 0. The first kappa shape index (κ1) is 13.1. The van der Waals surface area contributed by atoms with Gasteiger partial charge in [0.2, 0.25) is 5.91 Å². The summed E-state index contributed by atoms with van der Waals surface area (Å²) < 4.78 is 0. The highest BCUT2D eigenvalue weighted by molar-refractivity contribution is 5.76. The molecule has 1 saturated heterocycles. The minimum Gasteiger partial charge on any atom is -0.344 e. The Labute approximate surface area is 109 Å². The highest BCUT2D eigenvalue weighted by Crippen LogP contribution is 2.17. The molecule has 3 heteroatoms. The third-order valence-electron chi connectivity index (χ3n) is 3.72. The summed E-state index contributed by atoms with van der Waals surface area (Å²) in [7, 11) is 1.90. The number of carbonyl (C=O) groups is 1. The van der Waals surface area contributed by atoms with Crippen molar-refractivity contribution in [2.75, 3.05) is 33.2 Å². The van der Waals surface area contributed by atoms with Crippen LogP contribution in [0.5, 0.6) is 0 Å². The molecule has 1 aliphatic rings. The molecule has 1 fully saturated rings. The highest BCUT2D eigenvalue weighted by Gasteiger charge is 2.19. The summed E-state index contributed by atoms with van der Waals surface area (Å²) in [6, 6.07) is 10.6. The molecule has 1 aromatic rings. The van der Waals surface area contributed by atoms with Crippen LogP contribution in [0, 0.1) is 0 Å². The molecule has 1 atom stereocenters. The molecule has 0 saturated carbocycles. The normalized spacial score (nSPS) is 19.7. The second-order valence-electron chi connectivity index (χ2n) is 5.18. The van der Waals surface area contributed by atoms with Gasteiger partial charge in [0.15, 0.2) is 0 Å². The van der Waals surface area contributed by atoms with Crippen molar-refractivity contribution in [3.63, 3.8) is 0 Å². The van der Waals surface area contributed by atoms with Gasteiger partial charge in [0.1, 0.15) is 0 Å². The zero-order valence-corrected chi connectivity index (χ0v) is 11.3. The number of amides is 1. The standard InChI is InChI=1S/C15H22N2O/c1-13(14-6-4-3-5-7-14)12-17-9-8-15(18)16(2)10-11-17/h3-7,13H,8-12H2,1-2H3/t13-/m0/s1. The van der Waals surface area contributed by atoms with Crippen molar-refractivity contribution < 1.29 is 4.79 Å². The molecule has 0 unspecified atom stereocenters. The van der Waals surface area contributed by atoms with E-state index < -0.39 is 0 Å². The molecule has 0 spiro atoms. The molecule has 1 aliphatic heterocycles. The van der Waals surface area contributed by atoms with E-state index in [1.165, 1.54) is 5.56 Å². The van der Waals surface area contributed by atoms with Gasteiger partial charge in [0.05, 0.1) is 0 Å². The first-order valence-corrected chi connectivity index (χ1v) is 6.68. The van der Waals surface area contributed by atoms with E-state index in [1.54, 1.807) is 0 Å². The highest BCUT2D eigenvalue weighted by atomic mass is 16.2. The number of benzene rings is 1. The zero-order valence-electron chi connectivity index (χ0n) is 11.3. The van der Waals surface area contributed by atoms with Crippen molar-refractivity contribution in [2.24, 2.45) is 0 Å². The average Bonchev–Trinajstić information content (AvgIpc) is 2.55. The number of hydrogen-bond acceptors (Lipinski definition) is 2. The second-order valence-corrected chi connectivity index (χ2v) is 5.18. The number of likely N-dealkylation sites (N-methyl/N-ethyl adjacent to an activating group) is 1. The lowest BCUT2D eigenvalue weighted by molar-refractivity contribution is -0.129. The van der Waals surface area contributed by atoms with Gasteiger partial charge in [0.25, 0.3) is 0 Å². The Hall–Kier alpha value is -1.35. The van der Waals surface area contributed by atoms with Crippen LogP contribution in [0.2, 0.25) is 0 Å². The maximum atomic E-state index is 11.6. The van der Waals surface area contributed by atoms with Crippen molar-refractivity contribution >= 4 is 5.91 Å². The van der Waals surface area contributed by atoms with E-state index >= 15 is 0 Å². The lowest BCUT2D eigenvalue weighted by Gasteiger charge is -2.24. The fourth-order valence-electron chi connectivity index (χ4n) is 2.43. The minimum absolute atomic E-state index is 0.268. The molecule has 0 bridgehead atoms. The monoisotopic (exact) mass is 246 g/mol. The number of nitrogens with zero attached hydrogens (tertiary/aromatic N) is 2. The van der Waals surface area contributed by atoms with Crippen LogP contribution in [0.1, 0.15) is 24.8 Å². The SMILES string of the molecule is C[C@@H](CN1CCC(=O)N(C)CC1)c1ccccc1. The van der Waals surface area contributed by atoms with Crippen LogP contribution in [-0.2, 0) is 4.79 Å². The lowest BCUT2D eigenvalue weighted by atomic mass is 10.0. The van der Waals surface area contributed by atoms with Crippen molar-refractivity contribution in [2.45, 2.75) is 19.3 Å². The summed E-state index contributed by atoms with van der Waals surface area (Å²) in [5, 5.41) is 0. The third-order valence-corrected chi connectivity index (χ3v) is 3.72. The van der Waals surface area contributed by atoms with E-state index in [0.29, 0.717) is 12.3 Å². The molecule has 0 aromatic heterocycles. The van der Waals surface area contributed by atoms with E-state index in [9.17, 15) is 4.79 Å². The smallest absolute Gasteiger partial charge is 0.223 e. The van der Waals surface area contributed by atoms with Crippen LogP contribution in [0.25, 0.3) is 0 Å². The number of rotatable bonds is 3. The topological polar surface area (TPSA) is 23.6 Å². The van der Waals surface area contributed by atoms with Gasteiger partial charge in [-0.15, -0.1) is 0 Å². The van der Waals surface area contributed by atoms with Crippen molar-refractivity contribution in [1.82, 2.24) is 9.80 Å². The number of hydrogen-bond donors (Lipinski definition) is 0. The van der Waals surface area contributed by atoms with Crippen LogP contribution in [0.15, 0.2) is 30.3 Å². The fourth-order valence-corrected chi connectivity index (χ4v) is 2.43. The van der Waals surface area contributed by atoms with Crippen LogP contribution in [0.3, 0.4) is 0 Å². The maximum Gasteiger partial charge on any atom is 0.223 e. The van der Waals surface area contributed by atoms with E-state index in [4.69, 9.17) is 0 Å². The largest absolute Gasteiger partial charge is 0.344 e. The second kappa shape index (κ2) is 6.01. The average molecular weight is 246 g/mol. The molecule has 1 aromatic carbocycles. The summed E-state index contributed by atoms with van der Waals surface area (Å²) in [6.45, 7) is 6.01. The van der Waals surface area contributed by atoms with Gasteiger partial charge in [-0.25, -0.2) is 0 Å². The van der Waals surface area contributed by atoms with Crippen molar-refractivity contribution in [1.29, 1.82) is 0 Å². The van der Waals surface area contributed by atoms with Gasteiger partial charge in [-0.1, -0.05) is 37.3 Å². The van der Waals surface area contributed by atoms with Gasteiger partial charge >= 0.3 is 0 Å². The first-order valence-electron chi connectivity index (χ1n) is 6.68. The Morgan fingerprint density at radius 3 is 2.61 bits per heavy atom. The summed E-state index contributed by atoms with van der Waals surface area (Å²) in [4.78, 5) is 15.9. The minimum atomic E-state index is 0.268. The van der Waals surface area contributed by atoms with Crippen molar-refractivity contribution in [3.8, 4) is 0 Å². The molecule has 1 amide bonds. The summed E-state index contributed by atoms with van der Waals surface area (Å²) in [5.74, 6) is 0.787. The number of carbonyl (C=O) groups excluding carboxylic acids is 1. The quantitative estimate of drug-likeness (QED) is 0.814. The summed E-state index contributed by atoms with van der Waals surface area (Å²) in [6.07, 6.45) is 0.651. The molecule has 3 nitrogen and oxygen atoms in total. The first-order chi connectivity index (χ1) is 8.66. The third kappa shape index (κ3) is 3.33. The van der Waals surface area contributed by atoms with E-state index in [2.05, 4.69) is 42.2 Å². The lowest BCUT2D eigenvalue weighted by Crippen LogP contribution is -2.32. The molecule has 1 heterocycles. The Balaban J connectivity index is 1.91. The summed E-state index contributed by atoms with van der Waals surface area (Å²) in [5.41, 5.74) is 1.38. The Morgan fingerprint density at radius 1 is 1.17 bits per heavy atom. The van der Waals surface area contributed by atoms with Gasteiger partial charge < -0.3 is 9.80 Å². The van der Waals surface area contributed by atoms with E-state index in [-0.39, 0.29) is 5.91 Å². The van der Waals surface area contributed by atoms with Crippen LogP contribution in [-0.4, -0.2) is 48.9 Å². The Morgan fingerprint density at radius 2 is 1.89 bits per heavy atom. The van der Waals surface area contributed by atoms with Crippen LogP contribution in [0.4, 0.5) is 0 Å². The molecule has 0 aliphatic carbocycles. The fraction of sp³-hybridized carbons (Fsp3) is 0.533. The van der Waals surface area contributed by atoms with E-state index in [0.717, 1.165) is 26.2 Å². The molecule has 18 heavy (non-hydrogen) atoms. The van der Waals surface area contributed by atoms with Gasteiger partial charge in [0, 0.05) is 39.6 Å². The Kier molecular flexibility index (Phi) is 4.37. The molecule has 98 valence electrons. The molecule has 0 N–H and O–H groups in total. The maximum absolute atomic E-state index is 11.6. The molecule has 0 radical (unpaired) electrons. The molecular formula is C15H22N2O. The van der Waals surface area contributed by atoms with Gasteiger partial charge in [-0.2, -0.15) is 0 Å². The van der Waals surface area contributed by atoms with Crippen molar-refractivity contribution in [3.05, 3.63) is 35.9 Å². The van der Waals surface area contributed by atoms with Crippen LogP contribution >= 0.6 is 0 Å². The zero-order chi connectivity index (χ0) is 13.0. The van der Waals surface area contributed by atoms with Gasteiger partial charge in [-0.3, -0.25) is 4.79 Å². The van der Waals surface area contributed by atoms with E-state index in [1.807, 2.05) is 11.9 Å².